The molecule has 1 aliphatic carbocycles. The van der Waals surface area contributed by atoms with Crippen LogP contribution in [0, 0.1) is 5.92 Å². The lowest BCUT2D eigenvalue weighted by atomic mass is 9.90. The van der Waals surface area contributed by atoms with E-state index in [0.717, 1.165) is 10.2 Å². The molecule has 0 bridgehead atoms. The van der Waals surface area contributed by atoms with Crippen molar-refractivity contribution in [3.63, 3.8) is 0 Å². The smallest absolute Gasteiger partial charge is 0.343 e. The van der Waals surface area contributed by atoms with Crippen LogP contribution in [0.2, 0.25) is 0 Å². The number of esters is 2. The summed E-state index contributed by atoms with van der Waals surface area (Å²) >= 11 is 3.34. The van der Waals surface area contributed by atoms with Gasteiger partial charge in [-0.15, -0.1) is 0 Å². The number of fused-ring (bicyclic) bond motifs is 1. The molecule has 136 valence electrons. The topological polar surface area (TPSA) is 55.8 Å². The molecule has 6 heteroatoms. The molecule has 2 atom stereocenters. The standard InChI is InChI=1S/C20H20BrNO4/c1-4-25-20(24)18-12(2)22(3)17-10-9-15(11-16(17)18)26-19(23)13-5-7-14(21)8-6-13/h5-11,16-17H,4H2,1-3H3/t16-,17-/m0/s1. The minimum Gasteiger partial charge on any atom is -0.463 e. The fourth-order valence-corrected chi connectivity index (χ4v) is 3.50. The molecule has 3 rings (SSSR count). The lowest BCUT2D eigenvalue weighted by molar-refractivity contribution is -0.138. The molecule has 5 nitrogen and oxygen atoms in total. The van der Waals surface area contributed by atoms with Crippen LogP contribution in [0.3, 0.4) is 0 Å². The van der Waals surface area contributed by atoms with Crippen LogP contribution in [0.15, 0.2) is 64.0 Å². The molecule has 0 radical (unpaired) electrons. The number of nitrogens with zero attached hydrogens (tertiary/aromatic N) is 1. The highest BCUT2D eigenvalue weighted by Gasteiger charge is 2.40. The lowest BCUT2D eigenvalue weighted by Gasteiger charge is -2.26. The van der Waals surface area contributed by atoms with Crippen LogP contribution < -0.4 is 0 Å². The number of ether oxygens (including phenoxy) is 2. The molecule has 26 heavy (non-hydrogen) atoms. The van der Waals surface area contributed by atoms with E-state index in [0.29, 0.717) is 23.5 Å². The van der Waals surface area contributed by atoms with Crippen molar-refractivity contribution in [1.82, 2.24) is 4.90 Å². The number of halogens is 1. The second kappa shape index (κ2) is 7.50. The van der Waals surface area contributed by atoms with Crippen LogP contribution in [0.1, 0.15) is 24.2 Å². The summed E-state index contributed by atoms with van der Waals surface area (Å²) in [6.45, 7) is 4.01. The Morgan fingerprint density at radius 2 is 1.88 bits per heavy atom. The SMILES string of the molecule is CCOC(=O)C1=C(C)N(C)[C@H]2C=CC(OC(=O)c3ccc(Br)cc3)=C[C@H]12. The first kappa shape index (κ1) is 18.5. The molecule has 0 saturated heterocycles. The zero-order valence-electron chi connectivity index (χ0n) is 14.9. The summed E-state index contributed by atoms with van der Waals surface area (Å²) in [7, 11) is 1.94. The maximum Gasteiger partial charge on any atom is 0.343 e. The fraction of sp³-hybridized carbons (Fsp3) is 0.300. The van der Waals surface area contributed by atoms with Crippen molar-refractivity contribution >= 4 is 27.9 Å². The summed E-state index contributed by atoms with van der Waals surface area (Å²) < 4.78 is 11.6. The van der Waals surface area contributed by atoms with E-state index in [1.807, 2.05) is 31.0 Å². The van der Waals surface area contributed by atoms with E-state index in [2.05, 4.69) is 15.9 Å². The monoisotopic (exact) mass is 417 g/mol. The highest BCUT2D eigenvalue weighted by atomic mass is 79.9. The summed E-state index contributed by atoms with van der Waals surface area (Å²) in [6.07, 6.45) is 5.54. The Bertz CT molecular complexity index is 823. The molecule has 0 spiro atoms. The molecule has 0 aromatic heterocycles. The van der Waals surface area contributed by atoms with Gasteiger partial charge in [0.25, 0.3) is 0 Å². The molecule has 1 aromatic carbocycles. The molecule has 1 heterocycles. The molecule has 1 aromatic rings. The molecule has 0 saturated carbocycles. The van der Waals surface area contributed by atoms with Crippen molar-refractivity contribution in [2.75, 3.05) is 13.7 Å². The number of carbonyl (C=O) groups excluding carboxylic acids is 2. The largest absolute Gasteiger partial charge is 0.463 e. The maximum atomic E-state index is 12.4. The number of benzene rings is 1. The van der Waals surface area contributed by atoms with Gasteiger partial charge in [-0.3, -0.25) is 0 Å². The third kappa shape index (κ3) is 3.46. The van der Waals surface area contributed by atoms with Crippen LogP contribution >= 0.6 is 15.9 Å². The van der Waals surface area contributed by atoms with Gasteiger partial charge < -0.3 is 14.4 Å². The van der Waals surface area contributed by atoms with Gasteiger partial charge in [-0.1, -0.05) is 22.0 Å². The van der Waals surface area contributed by atoms with Crippen LogP contribution in [0.5, 0.6) is 0 Å². The summed E-state index contributed by atoms with van der Waals surface area (Å²) in [4.78, 5) is 26.7. The maximum absolute atomic E-state index is 12.4. The Balaban J connectivity index is 1.82. The first-order chi connectivity index (χ1) is 12.4. The number of allylic oxidation sites excluding steroid dienone is 2. The fourth-order valence-electron chi connectivity index (χ4n) is 3.24. The van der Waals surface area contributed by atoms with E-state index in [4.69, 9.17) is 9.47 Å². The van der Waals surface area contributed by atoms with E-state index < -0.39 is 5.97 Å². The predicted molar refractivity (Wildman–Crippen MR) is 101 cm³/mol. The van der Waals surface area contributed by atoms with Gasteiger partial charge >= 0.3 is 11.9 Å². The second-order valence-corrected chi connectivity index (χ2v) is 7.09. The van der Waals surface area contributed by atoms with E-state index in [-0.39, 0.29) is 17.9 Å². The minimum absolute atomic E-state index is 0.0181. The molecule has 0 N–H and O–H groups in total. The summed E-state index contributed by atoms with van der Waals surface area (Å²) in [5.74, 6) is -0.521. The van der Waals surface area contributed by atoms with E-state index >= 15 is 0 Å². The molecular formula is C20H20BrNO4. The Labute approximate surface area is 161 Å². The van der Waals surface area contributed by atoms with Gasteiger partial charge in [0.1, 0.15) is 5.76 Å². The number of carbonyl (C=O) groups is 2. The first-order valence-electron chi connectivity index (χ1n) is 8.41. The van der Waals surface area contributed by atoms with Gasteiger partial charge in [0.15, 0.2) is 0 Å². The first-order valence-corrected chi connectivity index (χ1v) is 9.20. The van der Waals surface area contributed by atoms with Crippen LogP contribution in [0.25, 0.3) is 0 Å². The zero-order chi connectivity index (χ0) is 18.8. The highest BCUT2D eigenvalue weighted by molar-refractivity contribution is 9.10. The van der Waals surface area contributed by atoms with Crippen molar-refractivity contribution in [2.45, 2.75) is 19.9 Å². The number of hydrogen-bond donors (Lipinski definition) is 0. The third-order valence-corrected chi connectivity index (χ3v) is 5.18. The highest BCUT2D eigenvalue weighted by Crippen LogP contribution is 2.38. The number of likely N-dealkylation sites (N-methyl/N-ethyl adjacent to an activating group) is 1. The summed E-state index contributed by atoms with van der Waals surface area (Å²) in [6, 6.07) is 6.98. The normalized spacial score (nSPS) is 21.4. The lowest BCUT2D eigenvalue weighted by Crippen LogP contribution is -2.30. The van der Waals surface area contributed by atoms with Crippen molar-refractivity contribution in [3.8, 4) is 0 Å². The van der Waals surface area contributed by atoms with E-state index in [1.165, 1.54) is 0 Å². The predicted octanol–water partition coefficient (Wildman–Crippen LogP) is 3.83. The average Bonchev–Trinajstić information content (AvgIpc) is 2.86. The van der Waals surface area contributed by atoms with Gasteiger partial charge in [-0.25, -0.2) is 9.59 Å². The second-order valence-electron chi connectivity index (χ2n) is 6.17. The van der Waals surface area contributed by atoms with Gasteiger partial charge in [-0.05, 0) is 50.3 Å². The van der Waals surface area contributed by atoms with Gasteiger partial charge in [-0.2, -0.15) is 0 Å². The van der Waals surface area contributed by atoms with Gasteiger partial charge in [0.05, 0.1) is 23.8 Å². The Morgan fingerprint density at radius 1 is 1.19 bits per heavy atom. The summed E-state index contributed by atoms with van der Waals surface area (Å²) in [5.41, 5.74) is 1.95. The number of rotatable bonds is 4. The van der Waals surface area contributed by atoms with Gasteiger partial charge in [0.2, 0.25) is 0 Å². The zero-order valence-corrected chi connectivity index (χ0v) is 16.4. The Kier molecular flexibility index (Phi) is 5.32. The van der Waals surface area contributed by atoms with Crippen molar-refractivity contribution in [1.29, 1.82) is 0 Å². The van der Waals surface area contributed by atoms with Gasteiger partial charge in [0, 0.05) is 23.1 Å². The Hall–Kier alpha value is -2.34. The molecular weight excluding hydrogens is 398 g/mol. The van der Waals surface area contributed by atoms with Crippen LogP contribution in [-0.2, 0) is 14.3 Å². The third-order valence-electron chi connectivity index (χ3n) is 4.65. The molecule has 0 fully saturated rings. The average molecular weight is 418 g/mol. The minimum atomic E-state index is -0.434. The quantitative estimate of drug-likeness (QED) is 0.696. The van der Waals surface area contributed by atoms with E-state index in [1.54, 1.807) is 37.3 Å². The molecule has 0 amide bonds. The molecule has 1 aliphatic heterocycles. The van der Waals surface area contributed by atoms with Crippen molar-refractivity contribution in [3.05, 3.63) is 69.6 Å². The van der Waals surface area contributed by atoms with Crippen molar-refractivity contribution < 1.29 is 19.1 Å². The molecule has 0 unspecified atom stereocenters. The van der Waals surface area contributed by atoms with Crippen molar-refractivity contribution in [2.24, 2.45) is 5.92 Å². The van der Waals surface area contributed by atoms with Crippen LogP contribution in [-0.4, -0.2) is 36.5 Å². The van der Waals surface area contributed by atoms with Crippen LogP contribution in [0.4, 0.5) is 0 Å². The molecule has 2 aliphatic rings. The van der Waals surface area contributed by atoms with E-state index in [9.17, 15) is 9.59 Å². The summed E-state index contributed by atoms with van der Waals surface area (Å²) in [5, 5.41) is 0. The number of hydrogen-bond acceptors (Lipinski definition) is 5. The Morgan fingerprint density at radius 3 is 2.54 bits per heavy atom.